The lowest BCUT2D eigenvalue weighted by Crippen LogP contribution is -2.48. The van der Waals surface area contributed by atoms with Crippen molar-refractivity contribution in [3.63, 3.8) is 0 Å². The number of phenolic OH excluding ortho intramolecular Hbond substituents is 1. The molecule has 55 heavy (non-hydrogen) atoms. The molecule has 13 heteroatoms. The molecule has 2 aliphatic carbocycles. The van der Waals surface area contributed by atoms with E-state index in [1.165, 1.54) is 30.2 Å². The van der Waals surface area contributed by atoms with Gasteiger partial charge in [0.05, 0.1) is 58.1 Å². The van der Waals surface area contributed by atoms with Crippen LogP contribution in [0.2, 0.25) is 5.02 Å². The summed E-state index contributed by atoms with van der Waals surface area (Å²) in [6.07, 6.45) is 2.30. The fraction of sp³-hybridized carbons (Fsp3) is 0.286. The average molecular weight is 762 g/mol. The lowest BCUT2D eigenvalue weighted by Gasteiger charge is -2.49. The number of carbonyl (C=O) groups excluding carboxylic acids is 4. The van der Waals surface area contributed by atoms with Gasteiger partial charge in [-0.3, -0.25) is 24.1 Å². The van der Waals surface area contributed by atoms with Crippen LogP contribution in [0.4, 0.5) is 32.8 Å². The molecular formula is C42H37ClFN5O6. The summed E-state index contributed by atoms with van der Waals surface area (Å²) in [4.78, 5) is 61.8. The maximum absolute atomic E-state index is 14.6. The van der Waals surface area contributed by atoms with E-state index in [1.807, 2.05) is 49.3 Å². The third-order valence-electron chi connectivity index (χ3n) is 11.7. The van der Waals surface area contributed by atoms with Crippen LogP contribution in [-0.4, -0.2) is 49.9 Å². The SMILES string of the molecule is COc1ccc(C2C3=CCC4C(=O)N(c5ccc(N=Nc6ccc(N(C)C)cc6)cc5)C(=O)C4C3CC3C(=O)N(c4ccc(F)c(Cl)c4)C(=O)C32C)cc1O. The number of halogens is 2. The van der Waals surface area contributed by atoms with E-state index in [0.29, 0.717) is 22.6 Å². The predicted molar refractivity (Wildman–Crippen MR) is 205 cm³/mol. The number of imide groups is 2. The number of nitrogens with zero attached hydrogens (tertiary/aromatic N) is 5. The molecule has 0 bridgehead atoms. The number of allylic oxidation sites excluding steroid dienone is 2. The van der Waals surface area contributed by atoms with Gasteiger partial charge in [-0.05, 0) is 110 Å². The molecule has 6 atom stereocenters. The quantitative estimate of drug-likeness (QED) is 0.114. The highest BCUT2D eigenvalue weighted by atomic mass is 35.5. The normalized spacial score (nSPS) is 25.9. The standard InChI is InChI=1S/C42H37ClFN5O6/c1-42-31(39(52)49(41(42)54)27-14-17-33(44)32(43)20-27)21-30-28(37(42)22-5-18-35(55-4)34(50)19-22)15-16-29-36(30)40(53)48(38(29)51)26-12-8-24(9-13-26)46-45-23-6-10-25(11-7-23)47(2)3/h5-15,17-20,29-31,36-37,50H,16,21H2,1-4H3. The Bertz CT molecular complexity index is 2330. The second-order valence-electron chi connectivity index (χ2n) is 14.8. The number of hydrogen-bond donors (Lipinski definition) is 1. The lowest BCUT2D eigenvalue weighted by atomic mass is 9.51. The van der Waals surface area contributed by atoms with Crippen molar-refractivity contribution in [3.8, 4) is 11.5 Å². The van der Waals surface area contributed by atoms with Gasteiger partial charge in [0, 0.05) is 25.7 Å². The van der Waals surface area contributed by atoms with Gasteiger partial charge in [0.25, 0.3) is 0 Å². The van der Waals surface area contributed by atoms with Crippen molar-refractivity contribution in [2.24, 2.45) is 39.3 Å². The van der Waals surface area contributed by atoms with E-state index in [1.54, 1.807) is 43.3 Å². The molecule has 8 rings (SSSR count). The van der Waals surface area contributed by atoms with E-state index in [0.717, 1.165) is 22.2 Å². The van der Waals surface area contributed by atoms with Crippen molar-refractivity contribution in [3.05, 3.63) is 113 Å². The number of carbonyl (C=O) groups is 4. The summed E-state index contributed by atoms with van der Waals surface area (Å²) in [5, 5.41) is 19.3. The number of fused-ring (bicyclic) bond motifs is 4. The number of benzene rings is 4. The van der Waals surface area contributed by atoms with E-state index in [4.69, 9.17) is 16.3 Å². The van der Waals surface area contributed by atoms with Crippen molar-refractivity contribution in [2.45, 2.75) is 25.7 Å². The zero-order valence-electron chi connectivity index (χ0n) is 30.4. The summed E-state index contributed by atoms with van der Waals surface area (Å²) < 4.78 is 19.5. The molecule has 1 N–H and O–H groups in total. The number of anilines is 3. The first kappa shape index (κ1) is 36.1. The first-order valence-electron chi connectivity index (χ1n) is 17.9. The molecule has 1 saturated carbocycles. The molecule has 4 aromatic rings. The molecule has 4 aliphatic rings. The van der Waals surface area contributed by atoms with Crippen molar-refractivity contribution >= 4 is 63.7 Å². The number of aromatic hydroxyl groups is 1. The molecule has 2 aliphatic heterocycles. The van der Waals surface area contributed by atoms with E-state index in [9.17, 15) is 28.7 Å². The summed E-state index contributed by atoms with van der Waals surface area (Å²) in [5.41, 5.74) is 2.70. The molecule has 280 valence electrons. The fourth-order valence-corrected chi connectivity index (χ4v) is 9.18. The highest BCUT2D eigenvalue weighted by molar-refractivity contribution is 6.32. The Morgan fingerprint density at radius 3 is 2.11 bits per heavy atom. The highest BCUT2D eigenvalue weighted by Crippen LogP contribution is 2.64. The minimum absolute atomic E-state index is 0.125. The van der Waals surface area contributed by atoms with Crippen LogP contribution in [0, 0.1) is 34.9 Å². The summed E-state index contributed by atoms with van der Waals surface area (Å²) in [5.74, 6) is -6.10. The Balaban J connectivity index is 1.13. The van der Waals surface area contributed by atoms with Gasteiger partial charge in [-0.25, -0.2) is 9.29 Å². The summed E-state index contributed by atoms with van der Waals surface area (Å²) in [6, 6.07) is 22.8. The van der Waals surface area contributed by atoms with Crippen LogP contribution >= 0.6 is 11.6 Å². The minimum atomic E-state index is -1.36. The number of phenols is 1. The Labute approximate surface area is 321 Å². The Kier molecular flexibility index (Phi) is 8.83. The van der Waals surface area contributed by atoms with Crippen LogP contribution < -0.4 is 19.4 Å². The van der Waals surface area contributed by atoms with Crippen molar-refractivity contribution in [2.75, 3.05) is 35.9 Å². The summed E-state index contributed by atoms with van der Waals surface area (Å²) >= 11 is 6.10. The summed E-state index contributed by atoms with van der Waals surface area (Å²) in [6.45, 7) is 1.73. The minimum Gasteiger partial charge on any atom is -0.504 e. The fourth-order valence-electron chi connectivity index (χ4n) is 9.01. The van der Waals surface area contributed by atoms with Crippen LogP contribution in [0.1, 0.15) is 31.2 Å². The molecule has 3 fully saturated rings. The van der Waals surface area contributed by atoms with Crippen LogP contribution in [-0.2, 0) is 19.2 Å². The molecule has 2 heterocycles. The molecule has 4 amide bonds. The van der Waals surface area contributed by atoms with Gasteiger partial charge in [0.15, 0.2) is 11.5 Å². The maximum Gasteiger partial charge on any atom is 0.241 e. The van der Waals surface area contributed by atoms with Crippen LogP contribution in [0.25, 0.3) is 0 Å². The summed E-state index contributed by atoms with van der Waals surface area (Å²) in [7, 11) is 5.33. The molecule has 0 radical (unpaired) electrons. The van der Waals surface area contributed by atoms with Gasteiger partial charge in [0.2, 0.25) is 23.6 Å². The molecule has 4 aromatic carbocycles. The zero-order chi connectivity index (χ0) is 38.9. The predicted octanol–water partition coefficient (Wildman–Crippen LogP) is 8.11. The third-order valence-corrected chi connectivity index (χ3v) is 12.0. The van der Waals surface area contributed by atoms with Crippen molar-refractivity contribution in [1.82, 2.24) is 0 Å². The largest absolute Gasteiger partial charge is 0.504 e. The van der Waals surface area contributed by atoms with Crippen LogP contribution in [0.5, 0.6) is 11.5 Å². The third kappa shape index (κ3) is 5.69. The molecule has 2 saturated heterocycles. The zero-order valence-corrected chi connectivity index (χ0v) is 31.2. The monoisotopic (exact) mass is 761 g/mol. The van der Waals surface area contributed by atoms with Gasteiger partial charge < -0.3 is 14.7 Å². The number of hydrogen-bond acceptors (Lipinski definition) is 9. The molecular weight excluding hydrogens is 725 g/mol. The topological polar surface area (TPSA) is 132 Å². The Morgan fingerprint density at radius 1 is 0.836 bits per heavy atom. The van der Waals surface area contributed by atoms with Gasteiger partial charge in [-0.1, -0.05) is 29.3 Å². The first-order chi connectivity index (χ1) is 26.3. The molecule has 11 nitrogen and oxygen atoms in total. The molecule has 0 spiro atoms. The number of azo groups is 1. The molecule has 6 unspecified atom stereocenters. The van der Waals surface area contributed by atoms with E-state index >= 15 is 0 Å². The van der Waals surface area contributed by atoms with E-state index in [2.05, 4.69) is 10.2 Å². The first-order valence-corrected chi connectivity index (χ1v) is 18.3. The van der Waals surface area contributed by atoms with Gasteiger partial charge in [0.1, 0.15) is 5.82 Å². The van der Waals surface area contributed by atoms with Gasteiger partial charge in [-0.2, -0.15) is 10.2 Å². The number of methoxy groups -OCH3 is 1. The van der Waals surface area contributed by atoms with E-state index in [-0.39, 0.29) is 46.9 Å². The number of amides is 4. The number of rotatable bonds is 7. The Hall–Kier alpha value is -5.88. The second-order valence-corrected chi connectivity index (χ2v) is 15.2. The molecule has 0 aromatic heterocycles. The average Bonchev–Trinajstić information content (AvgIpc) is 3.54. The van der Waals surface area contributed by atoms with Crippen LogP contribution in [0.15, 0.2) is 107 Å². The van der Waals surface area contributed by atoms with E-state index < -0.39 is 52.6 Å². The Morgan fingerprint density at radius 2 is 1.49 bits per heavy atom. The highest BCUT2D eigenvalue weighted by Gasteiger charge is 2.67. The smallest absolute Gasteiger partial charge is 0.241 e. The second kappa shape index (κ2) is 13.5. The van der Waals surface area contributed by atoms with Gasteiger partial charge in [-0.15, -0.1) is 0 Å². The maximum atomic E-state index is 14.6. The van der Waals surface area contributed by atoms with Crippen molar-refractivity contribution in [1.29, 1.82) is 0 Å². The lowest BCUT2D eigenvalue weighted by molar-refractivity contribution is -0.131. The van der Waals surface area contributed by atoms with Gasteiger partial charge >= 0.3 is 0 Å². The van der Waals surface area contributed by atoms with Crippen molar-refractivity contribution < 1.29 is 33.4 Å². The van der Waals surface area contributed by atoms with Crippen LogP contribution in [0.3, 0.4) is 0 Å². The number of ether oxygens (including phenoxy) is 1.